The first-order valence-electron chi connectivity index (χ1n) is 7.13. The van der Waals surface area contributed by atoms with Gasteiger partial charge in [-0.15, -0.1) is 0 Å². The number of fused-ring (bicyclic) bond motifs is 1. The molecule has 0 aliphatic rings. The van der Waals surface area contributed by atoms with Gasteiger partial charge < -0.3 is 5.11 Å². The smallest absolute Gasteiger partial charge is 0.295 e. The molecule has 8 heteroatoms. The van der Waals surface area contributed by atoms with Crippen LogP contribution < -0.4 is 5.11 Å². The van der Waals surface area contributed by atoms with Crippen LogP contribution in [-0.4, -0.2) is 14.8 Å². The third-order valence-corrected chi connectivity index (χ3v) is 3.54. The summed E-state index contributed by atoms with van der Waals surface area (Å²) in [4.78, 5) is 24.9. The third kappa shape index (κ3) is 3.27. The van der Waals surface area contributed by atoms with E-state index in [1.165, 1.54) is 18.2 Å². The Kier molecular flexibility index (Phi) is 4.09. The summed E-state index contributed by atoms with van der Waals surface area (Å²) in [5.41, 5.74) is 0.560. The number of hydrogen-bond acceptors (Lipinski definition) is 6. The van der Waals surface area contributed by atoms with Crippen molar-refractivity contribution < 1.29 is 15.0 Å². The Morgan fingerprint density at radius 2 is 1.64 bits per heavy atom. The molecule has 1 heterocycles. The summed E-state index contributed by atoms with van der Waals surface area (Å²) in [7, 11) is 0. The van der Waals surface area contributed by atoms with Crippen molar-refractivity contribution in [1.82, 2.24) is 4.98 Å². The zero-order chi connectivity index (χ0) is 18.0. The monoisotopic (exact) mass is 336 g/mol. The molecule has 0 unspecified atom stereocenters. The SMILES string of the molecule is O=[N+]([O-])c1cc(/C=C/c2ccc3cccc([N+](=O)[O-])c3n2)ccc1[O-]. The zero-order valence-electron chi connectivity index (χ0n) is 12.7. The molecule has 0 saturated heterocycles. The molecule has 3 aromatic rings. The van der Waals surface area contributed by atoms with Gasteiger partial charge in [-0.25, -0.2) is 4.98 Å². The fourth-order valence-electron chi connectivity index (χ4n) is 2.35. The molecule has 3 rings (SSSR count). The second-order valence-corrected chi connectivity index (χ2v) is 5.16. The molecular weight excluding hydrogens is 326 g/mol. The second-order valence-electron chi connectivity index (χ2n) is 5.16. The summed E-state index contributed by atoms with van der Waals surface area (Å²) in [6.45, 7) is 0. The molecule has 0 saturated carbocycles. The van der Waals surface area contributed by atoms with Crippen molar-refractivity contribution in [3.63, 3.8) is 0 Å². The van der Waals surface area contributed by atoms with Gasteiger partial charge >= 0.3 is 0 Å². The van der Waals surface area contributed by atoms with Crippen LogP contribution in [0, 0.1) is 20.2 Å². The van der Waals surface area contributed by atoms with E-state index in [2.05, 4.69) is 4.98 Å². The second kappa shape index (κ2) is 6.36. The van der Waals surface area contributed by atoms with Gasteiger partial charge in [0.25, 0.3) is 11.4 Å². The highest BCUT2D eigenvalue weighted by Gasteiger charge is 2.12. The maximum atomic E-state index is 11.4. The van der Waals surface area contributed by atoms with E-state index >= 15 is 0 Å². The number of nitro benzene ring substituents is 2. The van der Waals surface area contributed by atoms with E-state index < -0.39 is 21.3 Å². The Balaban J connectivity index is 1.99. The quantitative estimate of drug-likeness (QED) is 0.532. The van der Waals surface area contributed by atoms with Crippen molar-refractivity contribution in [3.05, 3.63) is 80.0 Å². The number of benzene rings is 2. The predicted octanol–water partition coefficient (Wildman–Crippen LogP) is 3.30. The Labute approximate surface area is 141 Å². The first-order valence-corrected chi connectivity index (χ1v) is 7.13. The van der Waals surface area contributed by atoms with Crippen LogP contribution in [0.25, 0.3) is 23.1 Å². The largest absolute Gasteiger partial charge is 0.868 e. The van der Waals surface area contributed by atoms with Crippen LogP contribution in [0.3, 0.4) is 0 Å². The lowest BCUT2D eigenvalue weighted by Crippen LogP contribution is -1.97. The van der Waals surface area contributed by atoms with Crippen LogP contribution in [0.1, 0.15) is 11.3 Å². The van der Waals surface area contributed by atoms with Gasteiger partial charge in [0, 0.05) is 17.5 Å². The van der Waals surface area contributed by atoms with Crippen LogP contribution >= 0.6 is 0 Å². The van der Waals surface area contributed by atoms with Gasteiger partial charge in [0.2, 0.25) is 0 Å². The van der Waals surface area contributed by atoms with E-state index in [0.717, 1.165) is 6.07 Å². The van der Waals surface area contributed by atoms with Crippen LogP contribution in [0.15, 0.2) is 48.5 Å². The minimum absolute atomic E-state index is 0.0981. The predicted molar refractivity (Wildman–Crippen MR) is 89.9 cm³/mol. The maximum Gasteiger partial charge on any atom is 0.295 e. The first-order chi connectivity index (χ1) is 12.0. The van der Waals surface area contributed by atoms with Crippen molar-refractivity contribution >= 4 is 34.4 Å². The van der Waals surface area contributed by atoms with E-state index in [-0.39, 0.29) is 11.2 Å². The summed E-state index contributed by atoms with van der Waals surface area (Å²) in [6.07, 6.45) is 3.12. The molecule has 2 aromatic carbocycles. The highest BCUT2D eigenvalue weighted by molar-refractivity contribution is 5.88. The Hall–Kier alpha value is -3.81. The summed E-state index contributed by atoms with van der Waals surface area (Å²) >= 11 is 0. The standard InChI is InChI=1S/C17H11N3O5/c21-16-9-5-11(10-15(16)20(24)25)4-7-13-8-6-12-2-1-3-14(19(22)23)17(12)18-13/h1-10,21H/p-1/b7-4+. The van der Waals surface area contributed by atoms with Crippen molar-refractivity contribution in [3.8, 4) is 5.75 Å². The van der Waals surface area contributed by atoms with E-state index in [9.17, 15) is 25.3 Å². The average Bonchev–Trinajstić information content (AvgIpc) is 2.59. The number of aromatic nitrogens is 1. The molecule has 0 amide bonds. The van der Waals surface area contributed by atoms with Crippen molar-refractivity contribution in [2.75, 3.05) is 0 Å². The number of pyridine rings is 1. The molecule has 0 bridgehead atoms. The van der Waals surface area contributed by atoms with Crippen LogP contribution in [0.5, 0.6) is 5.75 Å². The van der Waals surface area contributed by atoms with Gasteiger partial charge in [-0.3, -0.25) is 20.2 Å². The minimum Gasteiger partial charge on any atom is -0.868 e. The molecule has 0 radical (unpaired) electrons. The fraction of sp³-hybridized carbons (Fsp3) is 0. The first kappa shape index (κ1) is 16.1. The van der Waals surface area contributed by atoms with Crippen LogP contribution in [0.2, 0.25) is 0 Å². The zero-order valence-corrected chi connectivity index (χ0v) is 12.7. The van der Waals surface area contributed by atoms with E-state index in [0.29, 0.717) is 16.6 Å². The topological polar surface area (TPSA) is 122 Å². The van der Waals surface area contributed by atoms with Gasteiger partial charge in [-0.1, -0.05) is 36.4 Å². The summed E-state index contributed by atoms with van der Waals surface area (Å²) in [6, 6.07) is 11.8. The van der Waals surface area contributed by atoms with Gasteiger partial charge in [0.15, 0.2) is 0 Å². The molecule has 0 aliphatic carbocycles. The number of nitrogens with zero attached hydrogens (tertiary/aromatic N) is 3. The summed E-state index contributed by atoms with van der Waals surface area (Å²) in [5, 5.41) is 33.9. The average molecular weight is 336 g/mol. The van der Waals surface area contributed by atoms with Gasteiger partial charge in [-0.2, -0.15) is 0 Å². The van der Waals surface area contributed by atoms with Crippen molar-refractivity contribution in [2.24, 2.45) is 0 Å². The fourth-order valence-corrected chi connectivity index (χ4v) is 2.35. The number of nitro groups is 2. The van der Waals surface area contributed by atoms with Crippen LogP contribution in [0.4, 0.5) is 11.4 Å². The lowest BCUT2D eigenvalue weighted by molar-refractivity contribution is -0.398. The number of hydrogen-bond donors (Lipinski definition) is 0. The Morgan fingerprint density at radius 3 is 2.36 bits per heavy atom. The van der Waals surface area contributed by atoms with Gasteiger partial charge in [0.05, 0.1) is 15.5 Å². The molecular formula is C17H10N3O5-. The molecule has 0 atom stereocenters. The van der Waals surface area contributed by atoms with Crippen molar-refractivity contribution in [2.45, 2.75) is 0 Å². The van der Waals surface area contributed by atoms with Crippen LogP contribution in [-0.2, 0) is 0 Å². The Morgan fingerprint density at radius 1 is 0.880 bits per heavy atom. The molecule has 124 valence electrons. The lowest BCUT2D eigenvalue weighted by atomic mass is 10.1. The van der Waals surface area contributed by atoms with E-state index in [1.54, 1.807) is 36.4 Å². The number of rotatable bonds is 4. The molecule has 0 fully saturated rings. The maximum absolute atomic E-state index is 11.4. The number of para-hydroxylation sites is 1. The van der Waals surface area contributed by atoms with E-state index in [4.69, 9.17) is 0 Å². The summed E-state index contributed by atoms with van der Waals surface area (Å²) < 4.78 is 0. The Bertz CT molecular complexity index is 1030. The normalized spacial score (nSPS) is 11.0. The molecule has 8 nitrogen and oxygen atoms in total. The highest BCUT2D eigenvalue weighted by atomic mass is 16.6. The van der Waals surface area contributed by atoms with Gasteiger partial charge in [-0.05, 0) is 23.5 Å². The lowest BCUT2D eigenvalue weighted by Gasteiger charge is -2.06. The molecule has 0 aliphatic heterocycles. The molecule has 1 aromatic heterocycles. The number of non-ortho nitro benzene ring substituents is 1. The molecule has 0 spiro atoms. The van der Waals surface area contributed by atoms with Crippen molar-refractivity contribution in [1.29, 1.82) is 0 Å². The van der Waals surface area contributed by atoms with Gasteiger partial charge in [0.1, 0.15) is 5.52 Å². The molecule has 25 heavy (non-hydrogen) atoms. The summed E-state index contributed by atoms with van der Waals surface area (Å²) in [5.74, 6) is -0.665. The molecule has 0 N–H and O–H groups in total. The third-order valence-electron chi connectivity index (χ3n) is 3.54. The minimum atomic E-state index is -0.739. The van der Waals surface area contributed by atoms with E-state index in [1.807, 2.05) is 0 Å². The highest BCUT2D eigenvalue weighted by Crippen LogP contribution is 2.26.